The molecule has 22 heavy (non-hydrogen) atoms. The van der Waals surface area contributed by atoms with Gasteiger partial charge in [-0.3, -0.25) is 9.59 Å². The van der Waals surface area contributed by atoms with Gasteiger partial charge in [0.25, 0.3) is 5.91 Å². The van der Waals surface area contributed by atoms with E-state index in [9.17, 15) is 9.59 Å². The van der Waals surface area contributed by atoms with E-state index in [1.54, 1.807) is 24.3 Å². The normalized spacial score (nSPS) is 16.3. The molecule has 1 aromatic carbocycles. The number of benzene rings is 1. The molecule has 1 N–H and O–H groups in total. The first-order valence-electron chi connectivity index (χ1n) is 8.23. The highest BCUT2D eigenvalue weighted by Crippen LogP contribution is 2.27. The standard InChI is InChI=1S/C18H26N2O2/c1-4-13(2)20(17-7-5-6-8-17)18(22)15-9-11-16(12-10-15)19-14(3)21/h9-13,17H,4-8H2,1-3H3,(H,19,21)/t13-/m1/s1. The van der Waals surface area contributed by atoms with E-state index in [0.29, 0.717) is 11.6 Å². The number of amides is 2. The Morgan fingerprint density at radius 1 is 1.23 bits per heavy atom. The molecule has 0 heterocycles. The van der Waals surface area contributed by atoms with E-state index in [4.69, 9.17) is 0 Å². The lowest BCUT2D eigenvalue weighted by Gasteiger charge is -2.34. The maximum absolute atomic E-state index is 12.9. The molecule has 4 heteroatoms. The number of nitrogens with zero attached hydrogens (tertiary/aromatic N) is 1. The molecule has 1 aliphatic rings. The summed E-state index contributed by atoms with van der Waals surface area (Å²) in [5.41, 5.74) is 1.42. The Morgan fingerprint density at radius 3 is 2.32 bits per heavy atom. The van der Waals surface area contributed by atoms with Gasteiger partial charge >= 0.3 is 0 Å². The van der Waals surface area contributed by atoms with Gasteiger partial charge in [-0.25, -0.2) is 0 Å². The fourth-order valence-electron chi connectivity index (χ4n) is 3.15. The number of rotatable bonds is 5. The SMILES string of the molecule is CC[C@@H](C)N(C(=O)c1ccc(NC(C)=O)cc1)C1CCCC1. The van der Waals surface area contributed by atoms with E-state index in [0.717, 1.165) is 24.9 Å². The van der Waals surface area contributed by atoms with Crippen LogP contribution in [-0.4, -0.2) is 28.8 Å². The Morgan fingerprint density at radius 2 is 1.82 bits per heavy atom. The second kappa shape index (κ2) is 7.43. The van der Waals surface area contributed by atoms with E-state index in [-0.39, 0.29) is 17.9 Å². The highest BCUT2D eigenvalue weighted by Gasteiger charge is 2.30. The second-order valence-corrected chi connectivity index (χ2v) is 6.17. The maximum Gasteiger partial charge on any atom is 0.254 e. The van der Waals surface area contributed by atoms with Gasteiger partial charge < -0.3 is 10.2 Å². The first-order chi connectivity index (χ1) is 10.5. The lowest BCUT2D eigenvalue weighted by atomic mass is 10.1. The predicted molar refractivity (Wildman–Crippen MR) is 88.9 cm³/mol. The molecule has 0 unspecified atom stereocenters. The Kier molecular flexibility index (Phi) is 5.58. The summed E-state index contributed by atoms with van der Waals surface area (Å²) < 4.78 is 0. The van der Waals surface area contributed by atoms with Crippen LogP contribution in [0.4, 0.5) is 5.69 Å². The molecular weight excluding hydrogens is 276 g/mol. The molecule has 1 saturated carbocycles. The molecule has 0 saturated heterocycles. The zero-order valence-corrected chi connectivity index (χ0v) is 13.8. The van der Waals surface area contributed by atoms with Gasteiger partial charge in [-0.05, 0) is 50.5 Å². The molecule has 120 valence electrons. The molecule has 4 nitrogen and oxygen atoms in total. The van der Waals surface area contributed by atoms with Crippen molar-refractivity contribution in [3.05, 3.63) is 29.8 Å². The van der Waals surface area contributed by atoms with Crippen LogP contribution in [0.5, 0.6) is 0 Å². The monoisotopic (exact) mass is 302 g/mol. The number of carbonyl (C=O) groups excluding carboxylic acids is 2. The molecule has 0 bridgehead atoms. The van der Waals surface area contributed by atoms with Gasteiger partial charge in [0.1, 0.15) is 0 Å². The van der Waals surface area contributed by atoms with Crippen LogP contribution in [0.1, 0.15) is 63.2 Å². The van der Waals surface area contributed by atoms with Crippen LogP contribution in [0.25, 0.3) is 0 Å². The van der Waals surface area contributed by atoms with E-state index in [2.05, 4.69) is 24.1 Å². The van der Waals surface area contributed by atoms with Gasteiger partial charge in [0.05, 0.1) is 0 Å². The maximum atomic E-state index is 12.9. The Labute approximate surface area is 132 Å². The van der Waals surface area contributed by atoms with Crippen molar-refractivity contribution < 1.29 is 9.59 Å². The van der Waals surface area contributed by atoms with Gasteiger partial charge in [-0.2, -0.15) is 0 Å². The highest BCUT2D eigenvalue weighted by atomic mass is 16.2. The zero-order chi connectivity index (χ0) is 16.1. The van der Waals surface area contributed by atoms with Crippen molar-refractivity contribution >= 4 is 17.5 Å². The van der Waals surface area contributed by atoms with Gasteiger partial charge in [0.2, 0.25) is 5.91 Å². The Bertz CT molecular complexity index is 518. The molecular formula is C18H26N2O2. The topological polar surface area (TPSA) is 49.4 Å². The number of hydrogen-bond acceptors (Lipinski definition) is 2. The minimum absolute atomic E-state index is 0.105. The predicted octanol–water partition coefficient (Wildman–Crippen LogP) is 3.83. The van der Waals surface area contributed by atoms with Crippen LogP contribution in [-0.2, 0) is 4.79 Å². The fourth-order valence-corrected chi connectivity index (χ4v) is 3.15. The first kappa shape index (κ1) is 16.5. The van der Waals surface area contributed by atoms with Crippen LogP contribution >= 0.6 is 0 Å². The highest BCUT2D eigenvalue weighted by molar-refractivity contribution is 5.96. The van der Waals surface area contributed by atoms with Crippen molar-refractivity contribution in [1.82, 2.24) is 4.90 Å². The van der Waals surface area contributed by atoms with Gasteiger partial charge in [0.15, 0.2) is 0 Å². The second-order valence-electron chi connectivity index (χ2n) is 6.17. The fraction of sp³-hybridized carbons (Fsp3) is 0.556. The Hall–Kier alpha value is -1.84. The zero-order valence-electron chi connectivity index (χ0n) is 13.8. The lowest BCUT2D eigenvalue weighted by Crippen LogP contribution is -2.44. The molecule has 1 fully saturated rings. The van der Waals surface area contributed by atoms with Gasteiger partial charge in [-0.1, -0.05) is 19.8 Å². The summed E-state index contributed by atoms with van der Waals surface area (Å²) in [6.07, 6.45) is 5.62. The van der Waals surface area contributed by atoms with Crippen LogP contribution < -0.4 is 5.32 Å². The van der Waals surface area contributed by atoms with E-state index < -0.39 is 0 Å². The summed E-state index contributed by atoms with van der Waals surface area (Å²) in [6, 6.07) is 7.81. The third-order valence-electron chi connectivity index (χ3n) is 4.47. The van der Waals surface area contributed by atoms with Crippen molar-refractivity contribution in [1.29, 1.82) is 0 Å². The average Bonchev–Trinajstić information content (AvgIpc) is 3.01. The minimum atomic E-state index is -0.105. The summed E-state index contributed by atoms with van der Waals surface area (Å²) in [5, 5.41) is 2.73. The smallest absolute Gasteiger partial charge is 0.254 e. The summed E-state index contributed by atoms with van der Waals surface area (Å²) in [6.45, 7) is 5.73. The van der Waals surface area contributed by atoms with Crippen molar-refractivity contribution in [3.8, 4) is 0 Å². The van der Waals surface area contributed by atoms with Crippen molar-refractivity contribution in [3.63, 3.8) is 0 Å². The van der Waals surface area contributed by atoms with Gasteiger partial charge in [-0.15, -0.1) is 0 Å². The number of anilines is 1. The number of nitrogens with one attached hydrogen (secondary N) is 1. The molecule has 2 amide bonds. The van der Waals surface area contributed by atoms with Gasteiger partial charge in [0, 0.05) is 30.3 Å². The molecule has 0 radical (unpaired) electrons. The number of hydrogen-bond donors (Lipinski definition) is 1. The quantitative estimate of drug-likeness (QED) is 0.898. The third kappa shape index (κ3) is 3.87. The largest absolute Gasteiger partial charge is 0.333 e. The molecule has 1 aromatic rings. The molecule has 1 aliphatic carbocycles. The van der Waals surface area contributed by atoms with Crippen LogP contribution in [0, 0.1) is 0 Å². The minimum Gasteiger partial charge on any atom is -0.333 e. The van der Waals surface area contributed by atoms with E-state index >= 15 is 0 Å². The molecule has 0 spiro atoms. The molecule has 1 atom stereocenters. The van der Waals surface area contributed by atoms with Crippen LogP contribution in [0.15, 0.2) is 24.3 Å². The third-order valence-corrected chi connectivity index (χ3v) is 4.47. The summed E-state index contributed by atoms with van der Waals surface area (Å²) in [5.74, 6) is 0.00175. The van der Waals surface area contributed by atoms with E-state index in [1.807, 2.05) is 0 Å². The number of carbonyl (C=O) groups is 2. The first-order valence-corrected chi connectivity index (χ1v) is 8.23. The van der Waals surface area contributed by atoms with Crippen LogP contribution in [0.2, 0.25) is 0 Å². The average molecular weight is 302 g/mol. The summed E-state index contributed by atoms with van der Waals surface area (Å²) in [7, 11) is 0. The van der Waals surface area contributed by atoms with Crippen molar-refractivity contribution in [2.75, 3.05) is 5.32 Å². The van der Waals surface area contributed by atoms with Crippen LogP contribution in [0.3, 0.4) is 0 Å². The summed E-state index contributed by atoms with van der Waals surface area (Å²) >= 11 is 0. The van der Waals surface area contributed by atoms with E-state index in [1.165, 1.54) is 19.8 Å². The van der Waals surface area contributed by atoms with Crippen molar-refractivity contribution in [2.24, 2.45) is 0 Å². The molecule has 0 aromatic heterocycles. The molecule has 2 rings (SSSR count). The summed E-state index contributed by atoms with van der Waals surface area (Å²) in [4.78, 5) is 26.0. The van der Waals surface area contributed by atoms with Crippen molar-refractivity contribution in [2.45, 2.75) is 65.0 Å². The molecule has 0 aliphatic heterocycles. The Balaban J connectivity index is 2.17. The lowest BCUT2D eigenvalue weighted by molar-refractivity contribution is -0.114.